The van der Waals surface area contributed by atoms with Crippen LogP contribution in [0.15, 0.2) is 24.3 Å². The second-order valence-electron chi connectivity index (χ2n) is 4.15. The zero-order chi connectivity index (χ0) is 13.7. The molecule has 0 bridgehead atoms. The molecular formula is C13H17ClN4OS. The van der Waals surface area contributed by atoms with E-state index in [2.05, 4.69) is 14.9 Å². The highest BCUT2D eigenvalue weighted by molar-refractivity contribution is 7.08. The number of carbonyl (C=O) groups excluding carboxylic acids is 1. The lowest BCUT2D eigenvalue weighted by molar-refractivity contribution is 0.0957. The topological polar surface area (TPSA) is 80.9 Å². The summed E-state index contributed by atoms with van der Waals surface area (Å²) in [6.45, 7) is 2.55. The molecule has 3 N–H and O–H groups in total. The van der Waals surface area contributed by atoms with Crippen molar-refractivity contribution in [2.24, 2.45) is 0 Å². The largest absolute Gasteiger partial charge is 0.399 e. The van der Waals surface area contributed by atoms with E-state index in [-0.39, 0.29) is 18.3 Å². The highest BCUT2D eigenvalue weighted by atomic mass is 35.5. The van der Waals surface area contributed by atoms with Crippen molar-refractivity contribution in [3.05, 3.63) is 40.4 Å². The van der Waals surface area contributed by atoms with Gasteiger partial charge >= 0.3 is 0 Å². The Bertz CT molecular complexity index is 556. The van der Waals surface area contributed by atoms with E-state index in [1.165, 1.54) is 0 Å². The summed E-state index contributed by atoms with van der Waals surface area (Å²) in [7, 11) is 0. The molecule has 1 aromatic carbocycles. The first-order chi connectivity index (χ1) is 9.20. The Balaban J connectivity index is 0.00000200. The van der Waals surface area contributed by atoms with Crippen molar-refractivity contribution >= 4 is 35.5 Å². The SMILES string of the molecule is CCc1nnsc1C(=O)NCCc1ccc(N)cc1.Cl. The van der Waals surface area contributed by atoms with Crippen LogP contribution in [0.25, 0.3) is 0 Å². The van der Waals surface area contributed by atoms with Crippen LogP contribution in [-0.2, 0) is 12.8 Å². The van der Waals surface area contributed by atoms with E-state index in [0.717, 1.165) is 41.3 Å². The Morgan fingerprint density at radius 2 is 2.05 bits per heavy atom. The van der Waals surface area contributed by atoms with Gasteiger partial charge in [0.25, 0.3) is 5.91 Å². The molecule has 2 rings (SSSR count). The Morgan fingerprint density at radius 3 is 2.70 bits per heavy atom. The number of anilines is 1. The highest BCUT2D eigenvalue weighted by Gasteiger charge is 2.13. The maximum Gasteiger partial charge on any atom is 0.264 e. The monoisotopic (exact) mass is 312 g/mol. The maximum atomic E-state index is 11.9. The number of nitrogens with one attached hydrogen (secondary N) is 1. The van der Waals surface area contributed by atoms with Gasteiger partial charge in [0.15, 0.2) is 0 Å². The van der Waals surface area contributed by atoms with Gasteiger partial charge in [0.1, 0.15) is 4.88 Å². The molecule has 7 heteroatoms. The van der Waals surface area contributed by atoms with E-state index in [0.29, 0.717) is 11.4 Å². The lowest BCUT2D eigenvalue weighted by atomic mass is 10.1. The van der Waals surface area contributed by atoms with E-state index in [4.69, 9.17) is 5.73 Å². The number of nitrogens with two attached hydrogens (primary N) is 1. The van der Waals surface area contributed by atoms with Gasteiger partial charge in [-0.3, -0.25) is 4.79 Å². The highest BCUT2D eigenvalue weighted by Crippen LogP contribution is 2.11. The Kier molecular flexibility index (Phi) is 6.41. The fourth-order valence-electron chi connectivity index (χ4n) is 1.70. The van der Waals surface area contributed by atoms with Crippen LogP contribution < -0.4 is 11.1 Å². The average Bonchev–Trinajstić information content (AvgIpc) is 2.89. The second kappa shape index (κ2) is 7.81. The molecular weight excluding hydrogens is 296 g/mol. The van der Waals surface area contributed by atoms with Crippen LogP contribution in [0.5, 0.6) is 0 Å². The molecule has 0 spiro atoms. The van der Waals surface area contributed by atoms with E-state index < -0.39 is 0 Å². The summed E-state index contributed by atoms with van der Waals surface area (Å²) in [5, 5.41) is 6.81. The first-order valence-electron chi connectivity index (χ1n) is 6.14. The summed E-state index contributed by atoms with van der Waals surface area (Å²) in [6.07, 6.45) is 1.50. The Labute approximate surface area is 128 Å². The quantitative estimate of drug-likeness (QED) is 0.828. The van der Waals surface area contributed by atoms with Gasteiger partial charge in [0.05, 0.1) is 5.69 Å². The van der Waals surface area contributed by atoms with Gasteiger partial charge in [-0.25, -0.2) is 0 Å². The van der Waals surface area contributed by atoms with Crippen molar-refractivity contribution in [1.29, 1.82) is 0 Å². The fourth-order valence-corrected chi connectivity index (χ4v) is 2.36. The maximum absolute atomic E-state index is 11.9. The number of aryl methyl sites for hydroxylation is 1. The summed E-state index contributed by atoms with van der Waals surface area (Å²) in [5.41, 5.74) is 8.27. The average molecular weight is 313 g/mol. The summed E-state index contributed by atoms with van der Waals surface area (Å²) in [6, 6.07) is 7.65. The van der Waals surface area contributed by atoms with E-state index >= 15 is 0 Å². The Morgan fingerprint density at radius 1 is 1.35 bits per heavy atom. The first kappa shape index (κ1) is 16.4. The van der Waals surface area contributed by atoms with Crippen LogP contribution in [0, 0.1) is 0 Å². The molecule has 0 aliphatic carbocycles. The predicted molar refractivity (Wildman–Crippen MR) is 83.4 cm³/mol. The molecule has 0 aliphatic heterocycles. The van der Waals surface area contributed by atoms with Crippen molar-refractivity contribution in [3.8, 4) is 0 Å². The molecule has 5 nitrogen and oxygen atoms in total. The summed E-state index contributed by atoms with van der Waals surface area (Å²) in [4.78, 5) is 12.5. The zero-order valence-corrected chi connectivity index (χ0v) is 12.8. The number of benzene rings is 1. The number of rotatable bonds is 5. The summed E-state index contributed by atoms with van der Waals surface area (Å²) >= 11 is 1.14. The third-order valence-corrected chi connectivity index (χ3v) is 3.54. The fraction of sp³-hybridized carbons (Fsp3) is 0.308. The van der Waals surface area contributed by atoms with Crippen LogP contribution in [0.1, 0.15) is 27.9 Å². The molecule has 0 unspecified atom stereocenters. The zero-order valence-electron chi connectivity index (χ0n) is 11.1. The number of carbonyl (C=O) groups is 1. The molecule has 0 radical (unpaired) electrons. The van der Waals surface area contributed by atoms with Gasteiger partial charge in [-0.05, 0) is 42.1 Å². The molecule has 0 saturated carbocycles. The predicted octanol–water partition coefficient (Wildman–Crippen LogP) is 2.08. The first-order valence-corrected chi connectivity index (χ1v) is 6.92. The minimum absolute atomic E-state index is 0. The molecule has 0 saturated heterocycles. The molecule has 0 atom stereocenters. The van der Waals surface area contributed by atoms with E-state index in [9.17, 15) is 4.79 Å². The van der Waals surface area contributed by atoms with Crippen molar-refractivity contribution < 1.29 is 4.79 Å². The molecule has 1 heterocycles. The van der Waals surface area contributed by atoms with Gasteiger partial charge in [-0.1, -0.05) is 23.5 Å². The number of hydrogen-bond acceptors (Lipinski definition) is 5. The van der Waals surface area contributed by atoms with Crippen LogP contribution in [0.2, 0.25) is 0 Å². The number of amides is 1. The van der Waals surface area contributed by atoms with Crippen molar-refractivity contribution in [1.82, 2.24) is 14.9 Å². The van der Waals surface area contributed by atoms with Crippen molar-refractivity contribution in [3.63, 3.8) is 0 Å². The van der Waals surface area contributed by atoms with Crippen LogP contribution >= 0.6 is 23.9 Å². The van der Waals surface area contributed by atoms with Gasteiger partial charge < -0.3 is 11.1 Å². The van der Waals surface area contributed by atoms with Crippen LogP contribution in [0.3, 0.4) is 0 Å². The van der Waals surface area contributed by atoms with Crippen molar-refractivity contribution in [2.45, 2.75) is 19.8 Å². The molecule has 1 amide bonds. The smallest absolute Gasteiger partial charge is 0.264 e. The van der Waals surface area contributed by atoms with Gasteiger partial charge in [0.2, 0.25) is 0 Å². The molecule has 1 aromatic heterocycles. The molecule has 0 fully saturated rings. The summed E-state index contributed by atoms with van der Waals surface area (Å²) < 4.78 is 3.81. The minimum Gasteiger partial charge on any atom is -0.399 e. The van der Waals surface area contributed by atoms with Crippen LogP contribution in [0.4, 0.5) is 5.69 Å². The number of aromatic nitrogens is 2. The summed E-state index contributed by atoms with van der Waals surface area (Å²) in [5.74, 6) is -0.0951. The van der Waals surface area contributed by atoms with Gasteiger partial charge in [-0.2, -0.15) is 0 Å². The number of hydrogen-bond donors (Lipinski definition) is 2. The van der Waals surface area contributed by atoms with Gasteiger partial charge in [0, 0.05) is 12.2 Å². The number of halogens is 1. The second-order valence-corrected chi connectivity index (χ2v) is 4.90. The van der Waals surface area contributed by atoms with Crippen molar-refractivity contribution in [2.75, 3.05) is 12.3 Å². The number of nitrogen functional groups attached to an aromatic ring is 1. The third-order valence-electron chi connectivity index (χ3n) is 2.78. The standard InChI is InChI=1S/C13H16N4OS.ClH/c1-2-11-12(19-17-16-11)13(18)15-8-7-9-3-5-10(14)6-4-9;/h3-6H,2,7-8,14H2,1H3,(H,15,18);1H. The van der Waals surface area contributed by atoms with Gasteiger partial charge in [-0.15, -0.1) is 17.5 Å². The minimum atomic E-state index is -0.0951. The number of nitrogens with zero attached hydrogens (tertiary/aromatic N) is 2. The van der Waals surface area contributed by atoms with E-state index in [1.807, 2.05) is 31.2 Å². The van der Waals surface area contributed by atoms with E-state index in [1.54, 1.807) is 0 Å². The normalized spacial score (nSPS) is 9.85. The lowest BCUT2D eigenvalue weighted by Crippen LogP contribution is -2.25. The molecule has 108 valence electrons. The lowest BCUT2D eigenvalue weighted by Gasteiger charge is -2.04. The van der Waals surface area contributed by atoms with Crippen LogP contribution in [-0.4, -0.2) is 22.0 Å². The Hall–Kier alpha value is -1.66. The third kappa shape index (κ3) is 4.18. The molecule has 2 aromatic rings. The molecule has 0 aliphatic rings. The molecule has 20 heavy (non-hydrogen) atoms.